The number of aromatic nitrogens is 1. The van der Waals surface area contributed by atoms with Gasteiger partial charge < -0.3 is 9.15 Å². The molecule has 3 heterocycles. The van der Waals surface area contributed by atoms with Crippen molar-refractivity contribution in [3.05, 3.63) is 115 Å². The number of hydrogen-bond donors (Lipinski definition) is 0. The zero-order chi connectivity index (χ0) is 21.7. The van der Waals surface area contributed by atoms with Crippen molar-refractivity contribution >= 4 is 23.1 Å². The molecule has 0 radical (unpaired) electrons. The van der Waals surface area contributed by atoms with E-state index in [4.69, 9.17) is 14.1 Å². The number of rotatable bonds is 3. The fourth-order valence-corrected chi connectivity index (χ4v) is 5.62. The second-order valence-corrected chi connectivity index (χ2v) is 8.91. The predicted octanol–water partition coefficient (Wildman–Crippen LogP) is 3.92. The highest BCUT2D eigenvalue weighted by Gasteiger charge is 2.32. The molecular formula is C26H20N2O3S. The molecule has 158 valence electrons. The minimum absolute atomic E-state index is 0.0524. The molecule has 0 saturated heterocycles. The first-order valence-electron chi connectivity index (χ1n) is 10.5. The molecule has 0 saturated carbocycles. The lowest BCUT2D eigenvalue weighted by molar-refractivity contribution is 0.413. The molecule has 0 N–H and O–H groups in total. The van der Waals surface area contributed by atoms with Gasteiger partial charge in [-0.1, -0.05) is 47.7 Å². The Hall–Kier alpha value is -3.64. The third kappa shape index (κ3) is 2.99. The summed E-state index contributed by atoms with van der Waals surface area (Å²) >= 11 is 1.40. The van der Waals surface area contributed by atoms with Gasteiger partial charge >= 0.3 is 0 Å². The Bertz CT molecular complexity index is 1540. The van der Waals surface area contributed by atoms with Crippen molar-refractivity contribution in [3.63, 3.8) is 0 Å². The summed E-state index contributed by atoms with van der Waals surface area (Å²) in [7, 11) is 1.66. The number of thiazole rings is 1. The molecule has 0 amide bonds. The van der Waals surface area contributed by atoms with E-state index in [-0.39, 0.29) is 11.6 Å². The Labute approximate surface area is 188 Å². The third-order valence-corrected chi connectivity index (χ3v) is 7.08. The zero-order valence-corrected chi connectivity index (χ0v) is 18.3. The van der Waals surface area contributed by atoms with Crippen molar-refractivity contribution < 1.29 is 9.15 Å². The minimum atomic E-state index is -0.219. The van der Waals surface area contributed by atoms with Gasteiger partial charge in [-0.15, -0.1) is 0 Å². The van der Waals surface area contributed by atoms with E-state index >= 15 is 0 Å². The molecule has 4 aromatic rings. The summed E-state index contributed by atoms with van der Waals surface area (Å²) in [5.41, 5.74) is 5.60. The maximum absolute atomic E-state index is 13.6. The number of benzene rings is 2. The monoisotopic (exact) mass is 440 g/mol. The van der Waals surface area contributed by atoms with Crippen LogP contribution in [-0.2, 0) is 6.42 Å². The van der Waals surface area contributed by atoms with Gasteiger partial charge in [-0.2, -0.15) is 0 Å². The van der Waals surface area contributed by atoms with Gasteiger partial charge in [-0.3, -0.25) is 9.36 Å². The smallest absolute Gasteiger partial charge is 0.271 e. The Balaban J connectivity index is 1.65. The second kappa shape index (κ2) is 7.50. The SMILES string of the molecule is COc1cccc(C2C3=C(N=c4s/c(=C/c5ccco5)c(=O)n42)c2ccccc2CC3)c1. The summed E-state index contributed by atoms with van der Waals surface area (Å²) in [5, 5.41) is 0. The maximum Gasteiger partial charge on any atom is 0.271 e. The van der Waals surface area contributed by atoms with Gasteiger partial charge in [0.1, 0.15) is 11.5 Å². The summed E-state index contributed by atoms with van der Waals surface area (Å²) in [6, 6.07) is 19.9. The van der Waals surface area contributed by atoms with Crippen LogP contribution in [0, 0.1) is 0 Å². The first-order chi connectivity index (χ1) is 15.7. The van der Waals surface area contributed by atoms with E-state index < -0.39 is 0 Å². The van der Waals surface area contributed by atoms with E-state index in [0.717, 1.165) is 35.4 Å². The van der Waals surface area contributed by atoms with Crippen LogP contribution in [0.15, 0.2) is 86.7 Å². The average Bonchev–Trinajstić information content (AvgIpc) is 3.46. The summed E-state index contributed by atoms with van der Waals surface area (Å²) in [4.78, 5) is 19.3. The molecule has 0 bridgehead atoms. The summed E-state index contributed by atoms with van der Waals surface area (Å²) in [6.45, 7) is 0. The lowest BCUT2D eigenvalue weighted by Crippen LogP contribution is -2.38. The Kier molecular flexibility index (Phi) is 4.47. The molecule has 1 unspecified atom stereocenters. The van der Waals surface area contributed by atoms with Gasteiger partial charge in [0, 0.05) is 11.6 Å². The third-order valence-electron chi connectivity index (χ3n) is 6.10. The molecule has 1 aliphatic carbocycles. The number of aryl methyl sites for hydroxylation is 1. The van der Waals surface area contributed by atoms with Crippen molar-refractivity contribution in [1.82, 2.24) is 4.57 Å². The zero-order valence-electron chi connectivity index (χ0n) is 17.4. The van der Waals surface area contributed by atoms with Crippen LogP contribution in [0.4, 0.5) is 0 Å². The highest BCUT2D eigenvalue weighted by molar-refractivity contribution is 7.07. The summed E-state index contributed by atoms with van der Waals surface area (Å²) < 4.78 is 13.4. The van der Waals surface area contributed by atoms with Gasteiger partial charge in [-0.25, -0.2) is 4.99 Å². The number of nitrogens with zero attached hydrogens (tertiary/aromatic N) is 2. The van der Waals surface area contributed by atoms with Gasteiger partial charge in [-0.05, 0) is 53.8 Å². The maximum atomic E-state index is 13.6. The minimum Gasteiger partial charge on any atom is -0.497 e. The van der Waals surface area contributed by atoms with Crippen LogP contribution in [0.25, 0.3) is 11.8 Å². The summed E-state index contributed by atoms with van der Waals surface area (Å²) in [6.07, 6.45) is 5.20. The molecule has 6 heteroatoms. The molecule has 2 aromatic heterocycles. The quantitative estimate of drug-likeness (QED) is 0.485. The molecule has 0 spiro atoms. The van der Waals surface area contributed by atoms with Gasteiger partial charge in [0.05, 0.1) is 29.6 Å². The van der Waals surface area contributed by atoms with Crippen LogP contribution in [0.5, 0.6) is 5.75 Å². The number of methoxy groups -OCH3 is 1. The Morgan fingerprint density at radius 3 is 2.88 bits per heavy atom. The van der Waals surface area contributed by atoms with E-state index in [1.54, 1.807) is 19.4 Å². The first-order valence-corrected chi connectivity index (χ1v) is 11.3. The molecular weight excluding hydrogens is 420 g/mol. The van der Waals surface area contributed by atoms with Crippen molar-refractivity contribution in [1.29, 1.82) is 0 Å². The largest absolute Gasteiger partial charge is 0.497 e. The number of hydrogen-bond acceptors (Lipinski definition) is 5. The molecule has 32 heavy (non-hydrogen) atoms. The fourth-order valence-electron chi connectivity index (χ4n) is 4.64. The molecule has 0 fully saturated rings. The van der Waals surface area contributed by atoms with Crippen molar-refractivity contribution in [2.24, 2.45) is 4.99 Å². The normalized spacial score (nSPS) is 17.4. The van der Waals surface area contributed by atoms with E-state index in [9.17, 15) is 4.79 Å². The Morgan fingerprint density at radius 2 is 2.03 bits per heavy atom. The van der Waals surface area contributed by atoms with E-state index in [2.05, 4.69) is 30.3 Å². The molecule has 2 aliphatic rings. The number of ether oxygens (including phenoxy) is 1. The van der Waals surface area contributed by atoms with Gasteiger partial charge in [0.15, 0.2) is 4.80 Å². The van der Waals surface area contributed by atoms with Gasteiger partial charge in [0.25, 0.3) is 5.56 Å². The van der Waals surface area contributed by atoms with Crippen molar-refractivity contribution in [3.8, 4) is 5.75 Å². The highest BCUT2D eigenvalue weighted by atomic mass is 32.1. The predicted molar refractivity (Wildman–Crippen MR) is 124 cm³/mol. The number of furan rings is 1. The van der Waals surface area contributed by atoms with Crippen LogP contribution in [0.1, 0.15) is 34.9 Å². The van der Waals surface area contributed by atoms with Crippen molar-refractivity contribution in [2.45, 2.75) is 18.9 Å². The van der Waals surface area contributed by atoms with Crippen LogP contribution in [0.2, 0.25) is 0 Å². The number of fused-ring (bicyclic) bond motifs is 3. The molecule has 1 atom stereocenters. The van der Waals surface area contributed by atoms with Crippen LogP contribution in [-0.4, -0.2) is 11.7 Å². The van der Waals surface area contributed by atoms with Crippen LogP contribution < -0.4 is 19.6 Å². The second-order valence-electron chi connectivity index (χ2n) is 7.91. The Morgan fingerprint density at radius 1 is 1.12 bits per heavy atom. The fraction of sp³-hybridized carbons (Fsp3) is 0.154. The first kappa shape index (κ1) is 19.1. The van der Waals surface area contributed by atoms with Crippen LogP contribution >= 0.6 is 11.3 Å². The molecule has 1 aliphatic heterocycles. The standard InChI is InChI=1S/C26H20N2O3S/c1-30-18-8-4-7-17(14-18)24-21-12-11-16-6-2-3-10-20(16)23(21)27-26-28(24)25(29)22(32-26)15-19-9-5-13-31-19/h2-10,13-15,24H,11-12H2,1H3/b22-15+. The topological polar surface area (TPSA) is 56.7 Å². The number of allylic oxidation sites excluding steroid dienone is 1. The van der Waals surface area contributed by atoms with Gasteiger partial charge in [0.2, 0.25) is 0 Å². The van der Waals surface area contributed by atoms with E-state index in [1.807, 2.05) is 34.9 Å². The highest BCUT2D eigenvalue weighted by Crippen LogP contribution is 2.41. The summed E-state index contributed by atoms with van der Waals surface area (Å²) in [5.74, 6) is 1.43. The van der Waals surface area contributed by atoms with E-state index in [0.29, 0.717) is 15.1 Å². The van der Waals surface area contributed by atoms with E-state index in [1.165, 1.54) is 22.5 Å². The lowest BCUT2D eigenvalue weighted by Gasteiger charge is -2.31. The molecule has 2 aromatic carbocycles. The average molecular weight is 441 g/mol. The molecule has 5 nitrogen and oxygen atoms in total. The van der Waals surface area contributed by atoms with Crippen molar-refractivity contribution in [2.75, 3.05) is 7.11 Å². The lowest BCUT2D eigenvalue weighted by atomic mass is 9.83. The molecule has 6 rings (SSSR count). The van der Waals surface area contributed by atoms with Crippen LogP contribution in [0.3, 0.4) is 0 Å².